The molecule has 7 heteroatoms. The van der Waals surface area contributed by atoms with Gasteiger partial charge < -0.3 is 10.3 Å². The highest BCUT2D eigenvalue weighted by atomic mass is 16.1. The zero-order chi connectivity index (χ0) is 21.8. The number of nitrogens with one attached hydrogen (secondary N) is 2. The summed E-state index contributed by atoms with van der Waals surface area (Å²) in [4.78, 5) is 23.4. The Bertz CT molecular complexity index is 1330. The van der Waals surface area contributed by atoms with Gasteiger partial charge in [0.15, 0.2) is 0 Å². The minimum atomic E-state index is -0.161. The molecule has 3 aromatic heterocycles. The lowest BCUT2D eigenvalue weighted by Gasteiger charge is -2.19. The van der Waals surface area contributed by atoms with Gasteiger partial charge in [-0.1, -0.05) is 6.07 Å². The van der Waals surface area contributed by atoms with Crippen molar-refractivity contribution < 1.29 is 4.79 Å². The number of aryl methyl sites for hydroxylation is 1. The van der Waals surface area contributed by atoms with Gasteiger partial charge in [0.05, 0.1) is 16.7 Å². The lowest BCUT2D eigenvalue weighted by molar-refractivity contribution is 0.102. The number of hydrogen-bond donors (Lipinski definition) is 2. The molecule has 0 radical (unpaired) electrons. The Hall–Kier alpha value is -3.19. The number of nitrogens with zero attached hydrogens (tertiary/aromatic N) is 4. The third-order valence-corrected chi connectivity index (χ3v) is 6.97. The van der Waals surface area contributed by atoms with Gasteiger partial charge in [0.2, 0.25) is 0 Å². The number of rotatable bonds is 5. The van der Waals surface area contributed by atoms with Gasteiger partial charge in [0, 0.05) is 59.8 Å². The fourth-order valence-corrected chi connectivity index (χ4v) is 4.96. The average molecular weight is 429 g/mol. The van der Waals surface area contributed by atoms with Gasteiger partial charge in [-0.05, 0) is 57.4 Å². The minimum Gasteiger partial charge on any atom is -0.357 e. The van der Waals surface area contributed by atoms with Crippen LogP contribution in [0.15, 0.2) is 36.5 Å². The number of likely N-dealkylation sites (tertiary alicyclic amines) is 1. The molecule has 1 aliphatic carbocycles. The van der Waals surface area contributed by atoms with E-state index in [4.69, 9.17) is 0 Å². The third-order valence-electron chi connectivity index (χ3n) is 6.97. The van der Waals surface area contributed by atoms with Crippen LogP contribution in [-0.2, 0) is 13.6 Å². The SMILES string of the molecule is C[C@H]1CCCN1Cc1cc2cnc(NC(=O)c3ccc4c(C5CC5)nn(C)c4c3)cc2[nH]1. The number of amides is 1. The standard InChI is InChI=1S/C25H28N6O/c1-15-4-3-9-31(15)14-19-10-18-13-26-23(12-21(18)27-19)28-25(32)17-7-8-20-22(11-17)30(2)29-24(20)16-5-6-16/h7-8,10-13,15-16,27H,3-6,9,14H2,1-2H3,(H,26,28,32)/t15-/m0/s1. The first-order valence-corrected chi connectivity index (χ1v) is 11.5. The number of benzene rings is 1. The molecular weight excluding hydrogens is 400 g/mol. The van der Waals surface area contributed by atoms with Crippen molar-refractivity contribution in [2.45, 2.75) is 51.1 Å². The Kier molecular flexibility index (Phi) is 4.54. The summed E-state index contributed by atoms with van der Waals surface area (Å²) in [5.74, 6) is 0.966. The molecule has 2 fully saturated rings. The first kappa shape index (κ1) is 19.5. The number of aromatic amines is 1. The fourth-order valence-electron chi connectivity index (χ4n) is 4.96. The van der Waals surface area contributed by atoms with E-state index in [1.165, 1.54) is 31.4 Å². The van der Waals surface area contributed by atoms with E-state index in [1.807, 2.05) is 42.2 Å². The van der Waals surface area contributed by atoms with Gasteiger partial charge in [-0.2, -0.15) is 5.10 Å². The van der Waals surface area contributed by atoms with Crippen molar-refractivity contribution in [3.05, 3.63) is 53.5 Å². The van der Waals surface area contributed by atoms with E-state index in [1.54, 1.807) is 0 Å². The van der Waals surface area contributed by atoms with Crippen LogP contribution in [-0.4, -0.2) is 43.1 Å². The molecule has 164 valence electrons. The van der Waals surface area contributed by atoms with Crippen molar-refractivity contribution in [3.63, 3.8) is 0 Å². The predicted molar refractivity (Wildman–Crippen MR) is 126 cm³/mol. The van der Waals surface area contributed by atoms with E-state index in [0.29, 0.717) is 23.3 Å². The minimum absolute atomic E-state index is 0.161. The van der Waals surface area contributed by atoms with Crippen LogP contribution in [0.4, 0.5) is 5.82 Å². The first-order chi connectivity index (χ1) is 15.5. The van der Waals surface area contributed by atoms with Gasteiger partial charge in [0.25, 0.3) is 5.91 Å². The number of anilines is 1. The summed E-state index contributed by atoms with van der Waals surface area (Å²) in [6.07, 6.45) is 6.78. The van der Waals surface area contributed by atoms with Crippen LogP contribution in [0.2, 0.25) is 0 Å². The maximum atomic E-state index is 12.9. The summed E-state index contributed by atoms with van der Waals surface area (Å²) in [5, 5.41) is 9.85. The Labute approximate surface area is 186 Å². The molecule has 2 aliphatic rings. The van der Waals surface area contributed by atoms with Crippen LogP contribution >= 0.6 is 0 Å². The largest absolute Gasteiger partial charge is 0.357 e. The highest BCUT2D eigenvalue weighted by molar-refractivity contribution is 6.06. The molecule has 6 rings (SSSR count). The zero-order valence-corrected chi connectivity index (χ0v) is 18.6. The van der Waals surface area contributed by atoms with Crippen LogP contribution < -0.4 is 5.32 Å². The van der Waals surface area contributed by atoms with Crippen molar-refractivity contribution in [1.29, 1.82) is 0 Å². The van der Waals surface area contributed by atoms with E-state index in [-0.39, 0.29) is 5.91 Å². The van der Waals surface area contributed by atoms with E-state index >= 15 is 0 Å². The molecule has 1 aliphatic heterocycles. The molecular formula is C25H28N6O. The highest BCUT2D eigenvalue weighted by Crippen LogP contribution is 2.42. The lowest BCUT2D eigenvalue weighted by Crippen LogP contribution is -2.26. The summed E-state index contributed by atoms with van der Waals surface area (Å²) in [6.45, 7) is 4.37. The Morgan fingerprint density at radius 1 is 1.22 bits per heavy atom. The zero-order valence-electron chi connectivity index (χ0n) is 18.6. The van der Waals surface area contributed by atoms with Crippen LogP contribution in [0.25, 0.3) is 21.8 Å². The summed E-state index contributed by atoms with van der Waals surface area (Å²) < 4.78 is 1.88. The van der Waals surface area contributed by atoms with Crippen molar-refractivity contribution >= 4 is 33.5 Å². The fraction of sp³-hybridized carbons (Fsp3) is 0.400. The van der Waals surface area contributed by atoms with Crippen LogP contribution in [0, 0.1) is 0 Å². The number of carbonyl (C=O) groups is 1. The lowest BCUT2D eigenvalue weighted by atomic mass is 10.1. The van der Waals surface area contributed by atoms with E-state index in [9.17, 15) is 4.79 Å². The molecule has 0 spiro atoms. The second-order valence-corrected chi connectivity index (χ2v) is 9.38. The van der Waals surface area contributed by atoms with Crippen molar-refractivity contribution in [3.8, 4) is 0 Å². The molecule has 7 nitrogen and oxygen atoms in total. The first-order valence-electron chi connectivity index (χ1n) is 11.5. The van der Waals surface area contributed by atoms with E-state index < -0.39 is 0 Å². The van der Waals surface area contributed by atoms with Crippen LogP contribution in [0.3, 0.4) is 0 Å². The number of hydrogen-bond acceptors (Lipinski definition) is 4. The Balaban J connectivity index is 1.21. The maximum absolute atomic E-state index is 12.9. The number of carbonyl (C=O) groups excluding carboxylic acids is 1. The number of fused-ring (bicyclic) bond motifs is 2. The molecule has 1 amide bonds. The van der Waals surface area contributed by atoms with Gasteiger partial charge in [0.1, 0.15) is 5.82 Å². The highest BCUT2D eigenvalue weighted by Gasteiger charge is 2.29. The Morgan fingerprint density at radius 3 is 2.88 bits per heavy atom. The second kappa shape index (κ2) is 7.45. The molecule has 1 saturated heterocycles. The molecule has 1 saturated carbocycles. The van der Waals surface area contributed by atoms with Gasteiger partial charge in [-0.3, -0.25) is 14.4 Å². The van der Waals surface area contributed by atoms with Gasteiger partial charge >= 0.3 is 0 Å². The maximum Gasteiger partial charge on any atom is 0.256 e. The summed E-state index contributed by atoms with van der Waals surface area (Å²) in [7, 11) is 1.94. The predicted octanol–water partition coefficient (Wildman–Crippen LogP) is 4.56. The van der Waals surface area contributed by atoms with E-state index in [0.717, 1.165) is 40.6 Å². The van der Waals surface area contributed by atoms with Crippen molar-refractivity contribution in [1.82, 2.24) is 24.6 Å². The molecule has 2 N–H and O–H groups in total. The number of pyridine rings is 1. The van der Waals surface area contributed by atoms with Crippen molar-refractivity contribution in [2.24, 2.45) is 7.05 Å². The summed E-state index contributed by atoms with van der Waals surface area (Å²) in [6, 6.07) is 10.5. The Morgan fingerprint density at radius 2 is 2.09 bits per heavy atom. The topological polar surface area (TPSA) is 78.8 Å². The molecule has 4 heterocycles. The van der Waals surface area contributed by atoms with Crippen molar-refractivity contribution in [2.75, 3.05) is 11.9 Å². The second-order valence-electron chi connectivity index (χ2n) is 9.38. The van der Waals surface area contributed by atoms with Crippen LogP contribution in [0.5, 0.6) is 0 Å². The van der Waals surface area contributed by atoms with E-state index in [2.05, 4.69) is 38.3 Å². The monoisotopic (exact) mass is 428 g/mol. The third kappa shape index (κ3) is 3.46. The molecule has 4 aromatic rings. The van der Waals surface area contributed by atoms with Crippen LogP contribution in [0.1, 0.15) is 60.3 Å². The number of aromatic nitrogens is 4. The molecule has 0 bridgehead atoms. The quantitative estimate of drug-likeness (QED) is 0.488. The number of H-pyrrole nitrogens is 1. The molecule has 1 atom stereocenters. The van der Waals surface area contributed by atoms with Gasteiger partial charge in [-0.15, -0.1) is 0 Å². The summed E-state index contributed by atoms with van der Waals surface area (Å²) in [5.41, 5.74) is 4.95. The van der Waals surface area contributed by atoms with Gasteiger partial charge in [-0.25, -0.2) is 4.98 Å². The molecule has 0 unspecified atom stereocenters. The normalized spacial score (nSPS) is 19.2. The summed E-state index contributed by atoms with van der Waals surface area (Å²) >= 11 is 0. The molecule has 1 aromatic carbocycles. The average Bonchev–Trinajstić information content (AvgIpc) is 3.31. The smallest absolute Gasteiger partial charge is 0.256 e. The molecule has 32 heavy (non-hydrogen) atoms.